The van der Waals surface area contributed by atoms with Gasteiger partial charge in [-0.05, 0) is 49.8 Å². The summed E-state index contributed by atoms with van der Waals surface area (Å²) in [6.45, 7) is 3.75. The molecular weight excluding hydrogens is 585 g/mol. The van der Waals surface area contributed by atoms with Gasteiger partial charge in [0, 0.05) is 25.3 Å². The molecule has 0 bridgehead atoms. The Bertz CT molecular complexity index is 1190. The molecule has 1 aliphatic heterocycles. The molecule has 1 amide bonds. The molecule has 1 aromatic carbocycles. The molecule has 3 rings (SSSR count). The summed E-state index contributed by atoms with van der Waals surface area (Å²) < 4.78 is 95.0. The van der Waals surface area contributed by atoms with Crippen LogP contribution in [0.15, 0.2) is 18.2 Å². The van der Waals surface area contributed by atoms with E-state index in [0.717, 1.165) is 32.8 Å². The molecule has 40 heavy (non-hydrogen) atoms. The number of carbonyl (C=O) groups excluding carboxylic acids is 1. The SMILES string of the molecule is CCn1nc(C(=O)NC[C@H]2CC[C@H](C)CO2)c(Cl)c1-c1ccc(CC(C)(C)C(F)(F)F)cc1OC(F)F.O=S=O. The van der Waals surface area contributed by atoms with Crippen LogP contribution in [0.25, 0.3) is 11.3 Å². The van der Waals surface area contributed by atoms with Gasteiger partial charge in [0.2, 0.25) is 0 Å². The van der Waals surface area contributed by atoms with Crippen LogP contribution in [0.2, 0.25) is 5.02 Å². The summed E-state index contributed by atoms with van der Waals surface area (Å²) in [6.07, 6.45) is -3.30. The number of amides is 1. The predicted molar refractivity (Wildman–Crippen MR) is 138 cm³/mol. The standard InChI is InChI=1S/C25H31ClF5N3O3.O2S/c1-5-34-21(19(26)20(33-34)22(35)32-12-16-8-6-14(2)13-36-16)17-9-7-15(10-18(17)37-23(27)28)11-24(3,4)25(29,30)31;1-3-2/h7,9-10,14,16,23H,5-6,8,11-13H2,1-4H3,(H,32,35);/t14-,16+;/m0./s1. The summed E-state index contributed by atoms with van der Waals surface area (Å²) in [4.78, 5) is 12.9. The predicted octanol–water partition coefficient (Wildman–Crippen LogP) is 5.83. The molecule has 0 radical (unpaired) electrons. The summed E-state index contributed by atoms with van der Waals surface area (Å²) >= 11 is 5.78. The van der Waals surface area contributed by atoms with E-state index in [0.29, 0.717) is 12.5 Å². The van der Waals surface area contributed by atoms with Crippen LogP contribution in [0.4, 0.5) is 22.0 Å². The molecule has 1 aliphatic rings. The number of aromatic nitrogens is 2. The third-order valence-electron chi connectivity index (χ3n) is 6.43. The van der Waals surface area contributed by atoms with Gasteiger partial charge in [0.05, 0.1) is 22.2 Å². The van der Waals surface area contributed by atoms with E-state index in [1.807, 2.05) is 0 Å². The van der Waals surface area contributed by atoms with Crippen molar-refractivity contribution < 1.29 is 44.6 Å². The third-order valence-corrected chi connectivity index (χ3v) is 6.79. The van der Waals surface area contributed by atoms with E-state index in [-0.39, 0.29) is 52.5 Å². The van der Waals surface area contributed by atoms with Crippen LogP contribution in [-0.4, -0.2) is 56.1 Å². The second kappa shape index (κ2) is 14.4. The monoisotopic (exact) mass is 615 g/mol. The lowest BCUT2D eigenvalue weighted by Gasteiger charge is -2.28. The first-order valence-electron chi connectivity index (χ1n) is 12.4. The van der Waals surface area contributed by atoms with Gasteiger partial charge in [0.1, 0.15) is 5.75 Å². The van der Waals surface area contributed by atoms with E-state index < -0.39 is 42.1 Å². The first-order chi connectivity index (χ1) is 18.6. The zero-order valence-electron chi connectivity index (χ0n) is 22.3. The summed E-state index contributed by atoms with van der Waals surface area (Å²) in [7, 11) is 0. The number of hydrogen-bond donors (Lipinski definition) is 1. The highest BCUT2D eigenvalue weighted by atomic mass is 35.5. The molecule has 2 heterocycles. The minimum Gasteiger partial charge on any atom is -0.434 e. The Morgan fingerprint density at radius 2 is 1.93 bits per heavy atom. The van der Waals surface area contributed by atoms with Crippen molar-refractivity contribution in [1.29, 1.82) is 0 Å². The normalized spacial score (nSPS) is 17.7. The van der Waals surface area contributed by atoms with Crippen molar-refractivity contribution in [3.8, 4) is 17.0 Å². The molecule has 1 aromatic heterocycles. The molecule has 8 nitrogen and oxygen atoms in total. The number of nitrogens with zero attached hydrogens (tertiary/aromatic N) is 2. The van der Waals surface area contributed by atoms with Crippen LogP contribution < -0.4 is 10.1 Å². The van der Waals surface area contributed by atoms with Crippen LogP contribution >= 0.6 is 11.6 Å². The molecule has 0 aliphatic carbocycles. The van der Waals surface area contributed by atoms with Crippen molar-refractivity contribution >= 4 is 29.1 Å². The molecule has 2 atom stereocenters. The van der Waals surface area contributed by atoms with E-state index in [9.17, 15) is 26.7 Å². The molecule has 1 fully saturated rings. The van der Waals surface area contributed by atoms with Crippen molar-refractivity contribution in [2.45, 2.75) is 72.4 Å². The van der Waals surface area contributed by atoms with E-state index in [4.69, 9.17) is 24.8 Å². The fraction of sp³-hybridized carbons (Fsp3) is 0.600. The van der Waals surface area contributed by atoms with Crippen molar-refractivity contribution in [2.75, 3.05) is 13.2 Å². The van der Waals surface area contributed by atoms with Gasteiger partial charge in [-0.15, -0.1) is 0 Å². The molecule has 0 unspecified atom stereocenters. The third kappa shape index (κ3) is 8.71. The van der Waals surface area contributed by atoms with Crippen molar-refractivity contribution in [2.24, 2.45) is 11.3 Å². The van der Waals surface area contributed by atoms with Crippen molar-refractivity contribution in [1.82, 2.24) is 15.1 Å². The zero-order chi connectivity index (χ0) is 30.3. The molecule has 1 N–H and O–H groups in total. The maximum atomic E-state index is 13.4. The summed E-state index contributed by atoms with van der Waals surface area (Å²) in [5, 5.41) is 6.93. The number of benzene rings is 1. The molecule has 15 heteroatoms. The average Bonchev–Trinajstić information content (AvgIpc) is 3.19. The van der Waals surface area contributed by atoms with Crippen molar-refractivity contribution in [3.05, 3.63) is 34.5 Å². The fourth-order valence-corrected chi connectivity index (χ4v) is 4.46. The summed E-state index contributed by atoms with van der Waals surface area (Å²) in [5.74, 6) is -0.459. The van der Waals surface area contributed by atoms with E-state index in [1.165, 1.54) is 16.8 Å². The highest BCUT2D eigenvalue weighted by Crippen LogP contribution is 2.43. The Kier molecular flexibility index (Phi) is 12.1. The van der Waals surface area contributed by atoms with Gasteiger partial charge in [-0.2, -0.15) is 35.5 Å². The zero-order valence-corrected chi connectivity index (χ0v) is 23.9. The first-order valence-corrected chi connectivity index (χ1v) is 13.4. The lowest BCUT2D eigenvalue weighted by molar-refractivity contribution is -0.211. The molecule has 224 valence electrons. The summed E-state index contributed by atoms with van der Waals surface area (Å²) in [6, 6.07) is 3.89. The van der Waals surface area contributed by atoms with Gasteiger partial charge in [-0.1, -0.05) is 38.4 Å². The van der Waals surface area contributed by atoms with Crippen LogP contribution in [0, 0.1) is 11.3 Å². The summed E-state index contributed by atoms with van der Waals surface area (Å²) in [5.41, 5.74) is -1.82. The van der Waals surface area contributed by atoms with Crippen LogP contribution in [0.1, 0.15) is 56.6 Å². The topological polar surface area (TPSA) is 99.5 Å². The fourth-order valence-electron chi connectivity index (χ4n) is 4.14. The average molecular weight is 616 g/mol. The molecule has 0 spiro atoms. The minimum absolute atomic E-state index is 0.0804. The largest absolute Gasteiger partial charge is 0.434 e. The number of ether oxygens (including phenoxy) is 2. The van der Waals surface area contributed by atoms with Crippen molar-refractivity contribution in [3.63, 3.8) is 0 Å². The van der Waals surface area contributed by atoms with Gasteiger partial charge in [-0.25, -0.2) is 0 Å². The number of aryl methyl sites for hydroxylation is 1. The minimum atomic E-state index is -4.50. The molecule has 2 aromatic rings. The Labute approximate surface area is 237 Å². The van der Waals surface area contributed by atoms with E-state index in [1.54, 1.807) is 6.92 Å². The number of nitrogens with one attached hydrogen (secondary N) is 1. The number of carbonyl (C=O) groups is 1. The van der Waals surface area contributed by atoms with Gasteiger partial charge in [-0.3, -0.25) is 9.48 Å². The van der Waals surface area contributed by atoms with Gasteiger partial charge < -0.3 is 14.8 Å². The van der Waals surface area contributed by atoms with Gasteiger partial charge >= 0.3 is 24.4 Å². The maximum absolute atomic E-state index is 13.4. The highest BCUT2D eigenvalue weighted by Gasteiger charge is 2.47. The van der Waals surface area contributed by atoms with E-state index >= 15 is 0 Å². The second-order valence-corrected chi connectivity index (χ2v) is 10.5. The quantitative estimate of drug-likeness (QED) is 0.356. The van der Waals surface area contributed by atoms with Crippen LogP contribution in [0.3, 0.4) is 0 Å². The first kappa shape index (κ1) is 33.6. The van der Waals surface area contributed by atoms with Crippen LogP contribution in [-0.2, 0) is 29.3 Å². The number of halogens is 6. The molecule has 0 saturated carbocycles. The number of rotatable bonds is 9. The Balaban J connectivity index is 0.00000178. The lowest BCUT2D eigenvalue weighted by Crippen LogP contribution is -2.37. The molecular formula is C25H31ClF5N3O5S. The Morgan fingerprint density at radius 1 is 1.27 bits per heavy atom. The molecule has 1 saturated heterocycles. The smallest absolute Gasteiger partial charge is 0.394 e. The van der Waals surface area contributed by atoms with Gasteiger partial charge in [0.25, 0.3) is 5.91 Å². The second-order valence-electron chi connectivity index (χ2n) is 10.0. The number of hydrogen-bond acceptors (Lipinski definition) is 6. The lowest BCUT2D eigenvalue weighted by atomic mass is 9.84. The Hall–Kier alpha value is -2.58. The highest BCUT2D eigenvalue weighted by molar-refractivity contribution is 7.51. The number of alkyl halides is 5. The van der Waals surface area contributed by atoms with E-state index in [2.05, 4.69) is 22.1 Å². The van der Waals surface area contributed by atoms with Crippen LogP contribution in [0.5, 0.6) is 5.75 Å². The van der Waals surface area contributed by atoms with Gasteiger partial charge in [0.15, 0.2) is 5.69 Å². The Morgan fingerprint density at radius 3 is 2.45 bits per heavy atom. The maximum Gasteiger partial charge on any atom is 0.394 e.